The van der Waals surface area contributed by atoms with Gasteiger partial charge in [-0.1, -0.05) is 78.9 Å². The Morgan fingerprint density at radius 2 is 1.08 bits per heavy atom. The lowest BCUT2D eigenvalue weighted by Gasteiger charge is -2.10. The molecule has 0 radical (unpaired) electrons. The smallest absolute Gasteiger partial charge is 0.277 e. The normalized spacial score (nSPS) is 11.5. The second-order valence-corrected chi connectivity index (χ2v) is 9.06. The number of nitro groups is 1. The van der Waals surface area contributed by atoms with Crippen molar-refractivity contribution in [1.82, 2.24) is 9.13 Å². The van der Waals surface area contributed by atoms with Gasteiger partial charge >= 0.3 is 0 Å². The summed E-state index contributed by atoms with van der Waals surface area (Å²) in [7, 11) is 0. The molecule has 0 fully saturated rings. The van der Waals surface area contributed by atoms with Gasteiger partial charge in [-0.3, -0.25) is 10.1 Å². The number of nitro benzene ring substituents is 1. The van der Waals surface area contributed by atoms with Crippen LogP contribution in [-0.4, -0.2) is 14.1 Å². The Morgan fingerprint density at radius 1 is 0.541 bits per heavy atom. The van der Waals surface area contributed by atoms with E-state index in [4.69, 9.17) is 0 Å². The van der Waals surface area contributed by atoms with E-state index in [2.05, 4.69) is 81.9 Å². The zero-order valence-corrected chi connectivity index (χ0v) is 19.8. The molecule has 5 heteroatoms. The number of hydrogen-bond donors (Lipinski definition) is 0. The fourth-order valence-electron chi connectivity index (χ4n) is 5.47. The minimum Gasteiger partial charge on any atom is -0.307 e. The summed E-state index contributed by atoms with van der Waals surface area (Å²) < 4.78 is 4.60. The van der Waals surface area contributed by atoms with Crippen LogP contribution in [-0.2, 0) is 0 Å². The maximum atomic E-state index is 11.8. The fraction of sp³-hybridized carbons (Fsp3) is 0. The summed E-state index contributed by atoms with van der Waals surface area (Å²) in [6.07, 6.45) is 0. The number of hydrogen-bond acceptors (Lipinski definition) is 2. The first-order valence-electron chi connectivity index (χ1n) is 12.1. The first-order chi connectivity index (χ1) is 18.2. The Kier molecular flexibility index (Phi) is 4.69. The summed E-state index contributed by atoms with van der Waals surface area (Å²) in [5.41, 5.74) is 8.00. The van der Waals surface area contributed by atoms with Crippen molar-refractivity contribution < 1.29 is 4.92 Å². The number of nitrogens with zero attached hydrogens (tertiary/aromatic N) is 3. The van der Waals surface area contributed by atoms with Gasteiger partial charge in [0, 0.05) is 28.2 Å². The first-order valence-corrected chi connectivity index (χ1v) is 12.1. The average molecular weight is 480 g/mol. The molecule has 0 amide bonds. The highest BCUT2D eigenvalue weighted by molar-refractivity contribution is 6.20. The predicted octanol–water partition coefficient (Wildman–Crippen LogP) is 8.30. The van der Waals surface area contributed by atoms with E-state index in [-0.39, 0.29) is 10.6 Å². The van der Waals surface area contributed by atoms with Crippen molar-refractivity contribution in [3.63, 3.8) is 0 Å². The van der Waals surface area contributed by atoms with Gasteiger partial charge in [0.25, 0.3) is 5.69 Å². The van der Waals surface area contributed by atoms with Crippen LogP contribution in [0.5, 0.6) is 0 Å². The second-order valence-electron chi connectivity index (χ2n) is 9.06. The Morgan fingerprint density at radius 3 is 1.76 bits per heavy atom. The quantitative estimate of drug-likeness (QED) is 0.188. The highest BCUT2D eigenvalue weighted by atomic mass is 16.6. The van der Waals surface area contributed by atoms with E-state index in [1.807, 2.05) is 42.5 Å². The summed E-state index contributed by atoms with van der Waals surface area (Å²) in [5.74, 6) is 0. The molecule has 0 spiro atoms. The maximum absolute atomic E-state index is 11.8. The Balaban J connectivity index is 1.66. The van der Waals surface area contributed by atoms with Crippen LogP contribution < -0.4 is 0 Å². The van der Waals surface area contributed by atoms with Gasteiger partial charge in [-0.15, -0.1) is 0 Å². The van der Waals surface area contributed by atoms with Crippen molar-refractivity contribution >= 4 is 38.5 Å². The molecule has 0 saturated carbocycles. The van der Waals surface area contributed by atoms with Gasteiger partial charge in [0.05, 0.1) is 32.6 Å². The summed E-state index contributed by atoms with van der Waals surface area (Å²) in [6.45, 7) is 0. The van der Waals surface area contributed by atoms with Crippen molar-refractivity contribution in [1.29, 1.82) is 0 Å². The molecular formula is C32H21N3O2. The van der Waals surface area contributed by atoms with Gasteiger partial charge in [0.15, 0.2) is 0 Å². The Bertz CT molecular complexity index is 1950. The molecule has 5 nitrogen and oxygen atoms in total. The van der Waals surface area contributed by atoms with Crippen LogP contribution in [0, 0.1) is 10.1 Å². The van der Waals surface area contributed by atoms with Gasteiger partial charge in [0.2, 0.25) is 0 Å². The number of rotatable bonds is 4. The first kappa shape index (κ1) is 21.1. The molecule has 0 aliphatic carbocycles. The SMILES string of the molecule is O=[N+]([O-])c1ccccc1-c1ccc2c(c1)n(-c1ccccc1)c1c3ccccc3n(-c3ccccc3)c21. The molecule has 7 aromatic rings. The van der Waals surface area contributed by atoms with E-state index in [9.17, 15) is 10.1 Å². The zero-order valence-electron chi connectivity index (χ0n) is 19.8. The summed E-state index contributed by atoms with van der Waals surface area (Å²) in [6, 6.07) is 42.2. The van der Waals surface area contributed by atoms with E-state index < -0.39 is 0 Å². The fourth-order valence-corrected chi connectivity index (χ4v) is 5.47. The minimum absolute atomic E-state index is 0.100. The third-order valence-electron chi connectivity index (χ3n) is 7.01. The average Bonchev–Trinajstić information content (AvgIpc) is 3.46. The monoisotopic (exact) mass is 479 g/mol. The number of fused-ring (bicyclic) bond motifs is 5. The van der Waals surface area contributed by atoms with Crippen LogP contribution in [0.2, 0.25) is 0 Å². The van der Waals surface area contributed by atoms with Crippen molar-refractivity contribution in [3.8, 4) is 22.5 Å². The second kappa shape index (κ2) is 8.21. The molecule has 0 atom stereocenters. The topological polar surface area (TPSA) is 53.0 Å². The predicted molar refractivity (Wildman–Crippen MR) is 150 cm³/mol. The number of aromatic nitrogens is 2. The van der Waals surface area contributed by atoms with E-state index in [0.717, 1.165) is 49.8 Å². The largest absolute Gasteiger partial charge is 0.307 e. The van der Waals surface area contributed by atoms with Gasteiger partial charge in [-0.05, 0) is 48.0 Å². The molecule has 0 bridgehead atoms. The van der Waals surface area contributed by atoms with E-state index in [1.165, 1.54) is 0 Å². The minimum atomic E-state index is -0.316. The van der Waals surface area contributed by atoms with Crippen LogP contribution in [0.15, 0.2) is 127 Å². The molecule has 5 aromatic carbocycles. The highest BCUT2D eigenvalue weighted by Gasteiger charge is 2.23. The van der Waals surface area contributed by atoms with Crippen molar-refractivity contribution in [2.75, 3.05) is 0 Å². The Hall–Kier alpha value is -5.16. The van der Waals surface area contributed by atoms with Crippen molar-refractivity contribution in [2.45, 2.75) is 0 Å². The lowest BCUT2D eigenvalue weighted by Crippen LogP contribution is -1.95. The van der Waals surface area contributed by atoms with E-state index in [0.29, 0.717) is 5.56 Å². The molecule has 0 aliphatic rings. The van der Waals surface area contributed by atoms with Crippen molar-refractivity contribution in [2.24, 2.45) is 0 Å². The van der Waals surface area contributed by atoms with E-state index in [1.54, 1.807) is 12.1 Å². The highest BCUT2D eigenvalue weighted by Crippen LogP contribution is 2.42. The molecular weight excluding hydrogens is 458 g/mol. The van der Waals surface area contributed by atoms with Gasteiger partial charge in [0.1, 0.15) is 0 Å². The molecule has 0 unspecified atom stereocenters. The van der Waals surface area contributed by atoms with Gasteiger partial charge < -0.3 is 9.13 Å². The molecule has 2 aromatic heterocycles. The van der Waals surface area contributed by atoms with Gasteiger partial charge in [-0.2, -0.15) is 0 Å². The molecule has 37 heavy (non-hydrogen) atoms. The molecule has 7 rings (SSSR count). The standard InChI is InChI=1S/C32H21N3O2/c36-35(37)29-18-10-7-15-25(29)22-19-20-27-30(21-22)34(24-13-5-2-6-14-24)31-26-16-8-9-17-28(26)33(32(27)31)23-11-3-1-4-12-23/h1-21H. The van der Waals surface area contributed by atoms with Crippen LogP contribution in [0.3, 0.4) is 0 Å². The molecule has 0 N–H and O–H groups in total. The van der Waals surface area contributed by atoms with Crippen LogP contribution in [0.25, 0.3) is 55.3 Å². The summed E-state index contributed by atoms with van der Waals surface area (Å²) in [4.78, 5) is 11.5. The molecule has 0 aliphatic heterocycles. The van der Waals surface area contributed by atoms with Gasteiger partial charge in [-0.25, -0.2) is 0 Å². The van der Waals surface area contributed by atoms with Crippen molar-refractivity contribution in [3.05, 3.63) is 138 Å². The van der Waals surface area contributed by atoms with Crippen LogP contribution in [0.1, 0.15) is 0 Å². The maximum Gasteiger partial charge on any atom is 0.277 e. The third kappa shape index (κ3) is 3.18. The lowest BCUT2D eigenvalue weighted by molar-refractivity contribution is -0.384. The molecule has 176 valence electrons. The molecule has 2 heterocycles. The number of benzene rings is 5. The molecule has 0 saturated heterocycles. The summed E-state index contributed by atoms with van der Waals surface area (Å²) in [5, 5.41) is 14.0. The third-order valence-corrected chi connectivity index (χ3v) is 7.01. The van der Waals surface area contributed by atoms with Crippen LogP contribution >= 0.6 is 0 Å². The summed E-state index contributed by atoms with van der Waals surface area (Å²) >= 11 is 0. The van der Waals surface area contributed by atoms with Crippen LogP contribution in [0.4, 0.5) is 5.69 Å². The number of para-hydroxylation sites is 4. The Labute approximate surface area is 212 Å². The van der Waals surface area contributed by atoms with E-state index >= 15 is 0 Å². The lowest BCUT2D eigenvalue weighted by atomic mass is 10.0. The zero-order chi connectivity index (χ0) is 24.9.